The van der Waals surface area contributed by atoms with Gasteiger partial charge in [0, 0.05) is 20.6 Å². The number of rotatable bonds is 5. The van der Waals surface area contributed by atoms with E-state index in [4.69, 9.17) is 5.73 Å². The molecule has 20 heavy (non-hydrogen) atoms. The molecule has 1 aliphatic carbocycles. The fourth-order valence-corrected chi connectivity index (χ4v) is 4.62. The van der Waals surface area contributed by atoms with Gasteiger partial charge in [-0.25, -0.2) is 0 Å². The highest BCUT2D eigenvalue weighted by Crippen LogP contribution is 2.42. The van der Waals surface area contributed by atoms with Crippen molar-refractivity contribution in [3.05, 3.63) is 4.88 Å². The number of nitrogen functional groups attached to an aromatic ring is 1. The molecule has 112 valence electrons. The molecule has 1 heterocycles. The van der Waals surface area contributed by atoms with Crippen molar-refractivity contribution < 1.29 is 4.79 Å². The molecule has 4 nitrogen and oxygen atoms in total. The average molecular weight is 313 g/mol. The molecule has 0 radical (unpaired) electrons. The van der Waals surface area contributed by atoms with Crippen LogP contribution in [0, 0.1) is 5.92 Å². The van der Waals surface area contributed by atoms with Crippen molar-refractivity contribution in [3.8, 4) is 0 Å². The number of anilines is 2. The molecule has 1 aromatic rings. The van der Waals surface area contributed by atoms with Gasteiger partial charge >= 0.3 is 0 Å². The summed E-state index contributed by atoms with van der Waals surface area (Å²) in [5.41, 5.74) is 6.76. The number of amides is 1. The SMILES string of the molecule is CSc1c(NCC2CCCC2)sc(C(=O)N(C)C)c1N. The Balaban J connectivity index is 2.14. The molecule has 0 aliphatic heterocycles. The second-order valence-electron chi connectivity index (χ2n) is 5.44. The molecule has 1 saturated carbocycles. The molecule has 6 heteroatoms. The Morgan fingerprint density at radius 1 is 1.45 bits per heavy atom. The summed E-state index contributed by atoms with van der Waals surface area (Å²) >= 11 is 3.09. The second-order valence-corrected chi connectivity index (χ2v) is 7.28. The minimum atomic E-state index is -0.0169. The van der Waals surface area contributed by atoms with Gasteiger partial charge in [-0.3, -0.25) is 4.79 Å². The largest absolute Gasteiger partial charge is 0.396 e. The summed E-state index contributed by atoms with van der Waals surface area (Å²) in [6.45, 7) is 0.989. The smallest absolute Gasteiger partial charge is 0.265 e. The van der Waals surface area contributed by atoms with Gasteiger partial charge in [0.2, 0.25) is 0 Å². The molecule has 0 saturated heterocycles. The van der Waals surface area contributed by atoms with Crippen molar-refractivity contribution in [2.45, 2.75) is 30.6 Å². The number of thioether (sulfide) groups is 1. The van der Waals surface area contributed by atoms with Gasteiger partial charge in [-0.05, 0) is 25.0 Å². The Kier molecular flexibility index (Phi) is 5.21. The third-order valence-corrected chi connectivity index (χ3v) is 5.84. The molecule has 0 atom stereocenters. The van der Waals surface area contributed by atoms with Crippen LogP contribution in [0.25, 0.3) is 0 Å². The van der Waals surface area contributed by atoms with Crippen molar-refractivity contribution in [1.82, 2.24) is 4.90 Å². The summed E-state index contributed by atoms with van der Waals surface area (Å²) in [6, 6.07) is 0. The second kappa shape index (κ2) is 6.72. The first-order chi connectivity index (χ1) is 9.54. The number of nitrogens with zero attached hydrogens (tertiary/aromatic N) is 1. The Morgan fingerprint density at radius 2 is 2.10 bits per heavy atom. The fraction of sp³-hybridized carbons (Fsp3) is 0.643. The van der Waals surface area contributed by atoms with Crippen LogP contribution in [0.5, 0.6) is 0 Å². The van der Waals surface area contributed by atoms with E-state index in [1.165, 1.54) is 37.0 Å². The van der Waals surface area contributed by atoms with E-state index in [0.717, 1.165) is 22.4 Å². The highest BCUT2D eigenvalue weighted by molar-refractivity contribution is 7.99. The summed E-state index contributed by atoms with van der Waals surface area (Å²) in [5, 5.41) is 4.56. The van der Waals surface area contributed by atoms with E-state index in [2.05, 4.69) is 5.32 Å². The number of nitrogens with one attached hydrogen (secondary N) is 1. The predicted molar refractivity (Wildman–Crippen MR) is 89.0 cm³/mol. The minimum Gasteiger partial charge on any atom is -0.396 e. The van der Waals surface area contributed by atoms with Crippen LogP contribution in [0.1, 0.15) is 35.4 Å². The molecule has 1 aliphatic rings. The van der Waals surface area contributed by atoms with Gasteiger partial charge in [0.1, 0.15) is 9.88 Å². The number of hydrogen-bond donors (Lipinski definition) is 2. The maximum Gasteiger partial charge on any atom is 0.265 e. The number of carbonyl (C=O) groups excluding carboxylic acids is 1. The molecule has 1 amide bonds. The van der Waals surface area contributed by atoms with Gasteiger partial charge in [0.05, 0.1) is 10.6 Å². The molecule has 0 aromatic carbocycles. The van der Waals surface area contributed by atoms with Gasteiger partial charge in [-0.2, -0.15) is 0 Å². The average Bonchev–Trinajstić information content (AvgIpc) is 3.03. The van der Waals surface area contributed by atoms with Gasteiger partial charge in [-0.15, -0.1) is 23.1 Å². The van der Waals surface area contributed by atoms with Crippen molar-refractivity contribution in [2.24, 2.45) is 5.92 Å². The van der Waals surface area contributed by atoms with E-state index in [1.807, 2.05) is 6.26 Å². The first-order valence-electron chi connectivity index (χ1n) is 6.96. The van der Waals surface area contributed by atoms with E-state index in [1.54, 1.807) is 30.8 Å². The Labute approximate surface area is 129 Å². The van der Waals surface area contributed by atoms with Gasteiger partial charge in [-0.1, -0.05) is 12.8 Å². The summed E-state index contributed by atoms with van der Waals surface area (Å²) < 4.78 is 0. The summed E-state index contributed by atoms with van der Waals surface area (Å²) in [4.78, 5) is 15.4. The number of carbonyl (C=O) groups is 1. The Bertz CT molecular complexity index is 479. The van der Waals surface area contributed by atoms with Crippen LogP contribution >= 0.6 is 23.1 Å². The lowest BCUT2D eigenvalue weighted by atomic mass is 10.1. The van der Waals surface area contributed by atoms with Crippen LogP contribution in [-0.4, -0.2) is 37.7 Å². The van der Waals surface area contributed by atoms with Crippen LogP contribution < -0.4 is 11.1 Å². The summed E-state index contributed by atoms with van der Waals surface area (Å²) in [6.07, 6.45) is 7.32. The zero-order valence-electron chi connectivity index (χ0n) is 12.4. The van der Waals surface area contributed by atoms with Crippen LogP contribution in [0.2, 0.25) is 0 Å². The topological polar surface area (TPSA) is 58.4 Å². The van der Waals surface area contributed by atoms with E-state index in [9.17, 15) is 4.79 Å². The van der Waals surface area contributed by atoms with Crippen LogP contribution in [0.15, 0.2) is 4.90 Å². The summed E-state index contributed by atoms with van der Waals surface area (Å²) in [5.74, 6) is 0.748. The third-order valence-electron chi connectivity index (χ3n) is 3.73. The molecule has 0 spiro atoms. The molecule has 1 aromatic heterocycles. The monoisotopic (exact) mass is 313 g/mol. The van der Waals surface area contributed by atoms with Crippen molar-refractivity contribution in [1.29, 1.82) is 0 Å². The summed E-state index contributed by atoms with van der Waals surface area (Å²) in [7, 11) is 3.51. The molecule has 0 unspecified atom stereocenters. The lowest BCUT2D eigenvalue weighted by Gasteiger charge is -2.11. The van der Waals surface area contributed by atoms with Crippen LogP contribution in [0.4, 0.5) is 10.7 Å². The standard InChI is InChI=1S/C14H23N3OS2/c1-17(2)14(18)12-10(15)11(19-3)13(20-12)16-8-9-6-4-5-7-9/h9,16H,4-8,15H2,1-3H3. The lowest BCUT2D eigenvalue weighted by molar-refractivity contribution is 0.0833. The molecule has 0 bridgehead atoms. The molecular formula is C14H23N3OS2. The quantitative estimate of drug-likeness (QED) is 0.818. The van der Waals surface area contributed by atoms with Crippen molar-refractivity contribution in [2.75, 3.05) is 37.9 Å². The van der Waals surface area contributed by atoms with Crippen molar-refractivity contribution in [3.63, 3.8) is 0 Å². The van der Waals surface area contributed by atoms with Gasteiger partial charge < -0.3 is 16.0 Å². The predicted octanol–water partition coefficient (Wildman–Crippen LogP) is 3.36. The Morgan fingerprint density at radius 3 is 2.65 bits per heavy atom. The Hall–Kier alpha value is -0.880. The minimum absolute atomic E-state index is 0.0169. The molecular weight excluding hydrogens is 290 g/mol. The van der Waals surface area contributed by atoms with Crippen molar-refractivity contribution >= 4 is 39.7 Å². The normalized spacial score (nSPS) is 15.6. The van der Waals surface area contributed by atoms with E-state index in [0.29, 0.717) is 10.6 Å². The van der Waals surface area contributed by atoms with Gasteiger partial charge in [0.25, 0.3) is 5.91 Å². The molecule has 1 fully saturated rings. The zero-order valence-corrected chi connectivity index (χ0v) is 14.0. The molecule has 3 N–H and O–H groups in total. The highest BCUT2D eigenvalue weighted by Gasteiger charge is 2.22. The number of thiophene rings is 1. The van der Waals surface area contributed by atoms with Crippen LogP contribution in [0.3, 0.4) is 0 Å². The zero-order chi connectivity index (χ0) is 14.7. The first kappa shape index (κ1) is 15.5. The number of hydrogen-bond acceptors (Lipinski definition) is 5. The number of nitrogens with two attached hydrogens (primary N) is 1. The maximum atomic E-state index is 12.1. The third kappa shape index (κ3) is 3.23. The van der Waals surface area contributed by atoms with Crippen LogP contribution in [-0.2, 0) is 0 Å². The lowest BCUT2D eigenvalue weighted by Crippen LogP contribution is -2.21. The maximum absolute atomic E-state index is 12.1. The van der Waals surface area contributed by atoms with E-state index in [-0.39, 0.29) is 5.91 Å². The first-order valence-corrected chi connectivity index (χ1v) is 9.00. The molecule has 2 rings (SSSR count). The van der Waals surface area contributed by atoms with E-state index < -0.39 is 0 Å². The van der Waals surface area contributed by atoms with E-state index >= 15 is 0 Å². The highest BCUT2D eigenvalue weighted by atomic mass is 32.2. The van der Waals surface area contributed by atoms with Gasteiger partial charge in [0.15, 0.2) is 0 Å². The fourth-order valence-electron chi connectivity index (χ4n) is 2.56.